The molecule has 188 valence electrons. The van der Waals surface area contributed by atoms with Gasteiger partial charge in [0.05, 0.1) is 17.7 Å². The summed E-state index contributed by atoms with van der Waals surface area (Å²) in [7, 11) is 0. The Labute approximate surface area is 218 Å². The number of carbonyl (C=O) groups excluding carboxylic acids is 2. The molecule has 0 aliphatic heterocycles. The van der Waals surface area contributed by atoms with E-state index in [1.54, 1.807) is 50.5 Å². The number of carbonyl (C=O) groups is 2. The van der Waals surface area contributed by atoms with Gasteiger partial charge in [-0.25, -0.2) is 4.98 Å². The smallest absolute Gasteiger partial charge is 0.251 e. The first-order valence-electron chi connectivity index (χ1n) is 11.4. The fourth-order valence-corrected chi connectivity index (χ4v) is 4.35. The molecule has 5 N–H and O–H groups in total. The van der Waals surface area contributed by atoms with Crippen LogP contribution in [0.25, 0.3) is 22.4 Å². The molecule has 9 nitrogen and oxygen atoms in total. The molecule has 0 spiro atoms. The molecule has 2 aromatic heterocycles. The van der Waals surface area contributed by atoms with E-state index in [4.69, 9.17) is 10.9 Å². The molecule has 0 bridgehead atoms. The molecule has 10 heteroatoms. The molecule has 0 unspecified atom stereocenters. The van der Waals surface area contributed by atoms with Crippen molar-refractivity contribution in [3.8, 4) is 22.4 Å². The molecule has 0 saturated heterocycles. The lowest BCUT2D eigenvalue weighted by Crippen LogP contribution is -2.36. The summed E-state index contributed by atoms with van der Waals surface area (Å²) in [6, 6.07) is 18.6. The highest BCUT2D eigenvalue weighted by Crippen LogP contribution is 2.29. The van der Waals surface area contributed by atoms with Crippen LogP contribution in [0.5, 0.6) is 0 Å². The maximum atomic E-state index is 12.6. The van der Waals surface area contributed by atoms with Crippen LogP contribution in [0, 0.1) is 0 Å². The Kier molecular flexibility index (Phi) is 7.59. The van der Waals surface area contributed by atoms with Gasteiger partial charge in [0.2, 0.25) is 5.91 Å². The highest BCUT2D eigenvalue weighted by molar-refractivity contribution is 7.14. The largest absolute Gasteiger partial charge is 0.409 e. The lowest BCUT2D eigenvalue weighted by atomic mass is 9.83. The number of benzene rings is 2. The molecular weight excluding hydrogens is 488 g/mol. The first-order valence-corrected chi connectivity index (χ1v) is 12.3. The SMILES string of the molecule is CC(C)(/C(N)=N\O)c1cccc(C(=O)NCC(=O)Nc2nc(-c3cccc(-c4ccncc4)c3)cs2)c1. The van der Waals surface area contributed by atoms with Crippen LogP contribution < -0.4 is 16.4 Å². The Hall–Kier alpha value is -4.57. The minimum atomic E-state index is -0.775. The van der Waals surface area contributed by atoms with Gasteiger partial charge in [0.25, 0.3) is 5.91 Å². The van der Waals surface area contributed by atoms with E-state index in [0.717, 1.165) is 22.4 Å². The Morgan fingerprint density at radius 2 is 1.76 bits per heavy atom. The van der Waals surface area contributed by atoms with Gasteiger partial charge in [-0.3, -0.25) is 14.6 Å². The highest BCUT2D eigenvalue weighted by Gasteiger charge is 2.26. The molecule has 0 fully saturated rings. The van der Waals surface area contributed by atoms with Crippen molar-refractivity contribution in [2.24, 2.45) is 10.9 Å². The number of pyridine rings is 1. The number of oxime groups is 1. The fraction of sp³-hybridized carbons (Fsp3) is 0.148. The number of rotatable bonds is 8. The summed E-state index contributed by atoms with van der Waals surface area (Å²) < 4.78 is 0. The zero-order chi connectivity index (χ0) is 26.4. The summed E-state index contributed by atoms with van der Waals surface area (Å²) in [6.07, 6.45) is 3.49. The minimum absolute atomic E-state index is 0.0244. The lowest BCUT2D eigenvalue weighted by Gasteiger charge is -2.23. The van der Waals surface area contributed by atoms with Crippen LogP contribution >= 0.6 is 11.3 Å². The molecule has 2 heterocycles. The number of nitrogens with one attached hydrogen (secondary N) is 2. The Bertz CT molecular complexity index is 1450. The predicted octanol–water partition coefficient (Wildman–Crippen LogP) is 4.26. The third-order valence-electron chi connectivity index (χ3n) is 5.93. The predicted molar refractivity (Wildman–Crippen MR) is 145 cm³/mol. The van der Waals surface area contributed by atoms with Gasteiger partial charge in [-0.05, 0) is 60.9 Å². The number of thiazole rings is 1. The summed E-state index contributed by atoms with van der Waals surface area (Å²) >= 11 is 1.31. The zero-order valence-electron chi connectivity index (χ0n) is 20.3. The number of anilines is 1. The highest BCUT2D eigenvalue weighted by atomic mass is 32.1. The lowest BCUT2D eigenvalue weighted by molar-refractivity contribution is -0.115. The Morgan fingerprint density at radius 1 is 1.03 bits per heavy atom. The van der Waals surface area contributed by atoms with E-state index in [1.807, 2.05) is 41.8 Å². The van der Waals surface area contributed by atoms with Crippen LogP contribution in [-0.4, -0.2) is 39.4 Å². The monoisotopic (exact) mass is 514 g/mol. The van der Waals surface area contributed by atoms with Crippen molar-refractivity contribution in [3.05, 3.63) is 89.6 Å². The Balaban J connectivity index is 1.37. The van der Waals surface area contributed by atoms with Crippen molar-refractivity contribution in [2.45, 2.75) is 19.3 Å². The Morgan fingerprint density at radius 3 is 2.51 bits per heavy atom. The molecule has 4 aromatic rings. The molecule has 0 aliphatic rings. The van der Waals surface area contributed by atoms with Gasteiger partial charge < -0.3 is 21.6 Å². The molecular formula is C27H26N6O3S. The van der Waals surface area contributed by atoms with Gasteiger partial charge in [-0.15, -0.1) is 11.3 Å². The third-order valence-corrected chi connectivity index (χ3v) is 6.68. The average Bonchev–Trinajstić information content (AvgIpc) is 3.40. The maximum absolute atomic E-state index is 12.6. The summed E-state index contributed by atoms with van der Waals surface area (Å²) in [6.45, 7) is 3.34. The van der Waals surface area contributed by atoms with Crippen molar-refractivity contribution in [1.29, 1.82) is 0 Å². The van der Waals surface area contributed by atoms with Gasteiger partial charge >= 0.3 is 0 Å². The normalized spacial score (nSPS) is 11.7. The van der Waals surface area contributed by atoms with Crippen molar-refractivity contribution < 1.29 is 14.8 Å². The summed E-state index contributed by atoms with van der Waals surface area (Å²) in [5.74, 6) is -0.788. The second-order valence-corrected chi connectivity index (χ2v) is 9.63. The van der Waals surface area contributed by atoms with E-state index in [9.17, 15) is 9.59 Å². The van der Waals surface area contributed by atoms with Crippen molar-refractivity contribution in [1.82, 2.24) is 15.3 Å². The molecule has 2 amide bonds. The molecule has 0 saturated carbocycles. The van der Waals surface area contributed by atoms with Crippen LogP contribution in [0.4, 0.5) is 5.13 Å². The fourth-order valence-electron chi connectivity index (χ4n) is 3.61. The zero-order valence-corrected chi connectivity index (χ0v) is 21.1. The van der Waals surface area contributed by atoms with Gasteiger partial charge in [-0.2, -0.15) is 0 Å². The molecule has 2 aromatic carbocycles. The number of nitrogens with zero attached hydrogens (tertiary/aromatic N) is 3. The molecule has 0 aliphatic carbocycles. The van der Waals surface area contributed by atoms with E-state index in [-0.39, 0.29) is 12.4 Å². The van der Waals surface area contributed by atoms with E-state index in [0.29, 0.717) is 16.3 Å². The summed E-state index contributed by atoms with van der Waals surface area (Å²) in [5.41, 5.74) is 9.83. The van der Waals surface area contributed by atoms with Gasteiger partial charge in [0, 0.05) is 28.9 Å². The quantitative estimate of drug-likeness (QED) is 0.120. The topological polar surface area (TPSA) is 143 Å². The standard InChI is InChI=1S/C27H26N6O3S/c1-27(2,25(28)33-36)21-8-4-7-20(14-21)24(35)30-15-23(34)32-26-31-22(16-37-26)19-6-3-5-18(13-19)17-9-11-29-12-10-17/h3-14,16,36H,15H2,1-2H3,(H2,28,33)(H,30,35)(H,31,32,34). The second-order valence-electron chi connectivity index (χ2n) is 8.78. The first-order chi connectivity index (χ1) is 17.8. The van der Waals surface area contributed by atoms with Crippen LogP contribution in [0.15, 0.2) is 83.6 Å². The molecule has 37 heavy (non-hydrogen) atoms. The summed E-state index contributed by atoms with van der Waals surface area (Å²) in [4.78, 5) is 33.7. The van der Waals surface area contributed by atoms with E-state index < -0.39 is 17.2 Å². The van der Waals surface area contributed by atoms with Gasteiger partial charge in [0.15, 0.2) is 5.13 Å². The molecule has 0 radical (unpaired) electrons. The number of nitrogens with two attached hydrogens (primary N) is 1. The van der Waals surface area contributed by atoms with Crippen LogP contribution in [0.2, 0.25) is 0 Å². The maximum Gasteiger partial charge on any atom is 0.251 e. The van der Waals surface area contributed by atoms with Crippen LogP contribution in [-0.2, 0) is 10.2 Å². The van der Waals surface area contributed by atoms with E-state index in [2.05, 4.69) is 25.8 Å². The van der Waals surface area contributed by atoms with Crippen molar-refractivity contribution in [2.75, 3.05) is 11.9 Å². The molecule has 0 atom stereocenters. The van der Waals surface area contributed by atoms with Crippen LogP contribution in [0.3, 0.4) is 0 Å². The third kappa shape index (κ3) is 5.99. The number of aromatic nitrogens is 2. The van der Waals surface area contributed by atoms with E-state index in [1.165, 1.54) is 11.3 Å². The van der Waals surface area contributed by atoms with Gasteiger partial charge in [-0.1, -0.05) is 35.5 Å². The van der Waals surface area contributed by atoms with Crippen molar-refractivity contribution in [3.63, 3.8) is 0 Å². The number of amidine groups is 1. The average molecular weight is 515 g/mol. The van der Waals surface area contributed by atoms with Crippen molar-refractivity contribution >= 4 is 34.1 Å². The number of hydrogen-bond acceptors (Lipinski definition) is 7. The van der Waals surface area contributed by atoms with Crippen LogP contribution in [0.1, 0.15) is 29.8 Å². The molecule has 4 rings (SSSR count). The summed E-state index contributed by atoms with van der Waals surface area (Å²) in [5, 5.41) is 19.8. The number of amides is 2. The second kappa shape index (κ2) is 11.0. The van der Waals surface area contributed by atoms with Gasteiger partial charge in [0.1, 0.15) is 5.84 Å². The van der Waals surface area contributed by atoms with E-state index >= 15 is 0 Å². The minimum Gasteiger partial charge on any atom is -0.409 e. The first kappa shape index (κ1) is 25.5. The number of hydrogen-bond donors (Lipinski definition) is 4.